The molecule has 3 aromatic rings. The number of rotatable bonds is 6. The van der Waals surface area contributed by atoms with Crippen molar-refractivity contribution in [2.75, 3.05) is 0 Å². The molecule has 5 nitrogen and oxygen atoms in total. The highest BCUT2D eigenvalue weighted by Gasteiger charge is 2.31. The SMILES string of the molecule is CC(C)CC(NC(=O)Cn1c(=O)cnc2ccccc21)c1cccc(C(F)(F)F)c1. The van der Waals surface area contributed by atoms with E-state index in [9.17, 15) is 22.8 Å². The average molecular weight is 417 g/mol. The topological polar surface area (TPSA) is 64.0 Å². The molecule has 0 saturated carbocycles. The lowest BCUT2D eigenvalue weighted by molar-refractivity contribution is -0.137. The van der Waals surface area contributed by atoms with E-state index < -0.39 is 29.2 Å². The molecule has 0 spiro atoms. The number of nitrogens with zero attached hydrogens (tertiary/aromatic N) is 2. The van der Waals surface area contributed by atoms with Gasteiger partial charge >= 0.3 is 6.18 Å². The van der Waals surface area contributed by atoms with Crippen LogP contribution in [-0.4, -0.2) is 15.5 Å². The number of fused-ring (bicyclic) bond motifs is 1. The lowest BCUT2D eigenvalue weighted by Crippen LogP contribution is -2.35. The summed E-state index contributed by atoms with van der Waals surface area (Å²) in [7, 11) is 0. The van der Waals surface area contributed by atoms with E-state index in [0.717, 1.165) is 18.3 Å². The second-order valence-electron chi connectivity index (χ2n) is 7.54. The zero-order chi connectivity index (χ0) is 21.9. The Kier molecular flexibility index (Phi) is 6.24. The van der Waals surface area contributed by atoms with Gasteiger partial charge in [0.2, 0.25) is 5.91 Å². The van der Waals surface area contributed by atoms with Crippen molar-refractivity contribution < 1.29 is 18.0 Å². The van der Waals surface area contributed by atoms with Crippen LogP contribution in [0.4, 0.5) is 13.2 Å². The van der Waals surface area contributed by atoms with Gasteiger partial charge in [0.05, 0.1) is 28.8 Å². The Morgan fingerprint density at radius 1 is 1.13 bits per heavy atom. The highest BCUT2D eigenvalue weighted by molar-refractivity contribution is 5.80. The number of carbonyl (C=O) groups excluding carboxylic acids is 1. The number of para-hydroxylation sites is 2. The van der Waals surface area contributed by atoms with E-state index in [4.69, 9.17) is 0 Å². The Morgan fingerprint density at radius 2 is 1.87 bits per heavy atom. The van der Waals surface area contributed by atoms with Crippen molar-refractivity contribution >= 4 is 16.9 Å². The molecule has 0 aliphatic rings. The fourth-order valence-corrected chi connectivity index (χ4v) is 3.34. The third kappa shape index (κ3) is 5.06. The van der Waals surface area contributed by atoms with Gasteiger partial charge in [-0.3, -0.25) is 14.2 Å². The molecule has 1 atom stereocenters. The van der Waals surface area contributed by atoms with Crippen molar-refractivity contribution in [1.29, 1.82) is 0 Å². The van der Waals surface area contributed by atoms with Gasteiger partial charge in [-0.2, -0.15) is 13.2 Å². The minimum absolute atomic E-state index is 0.134. The van der Waals surface area contributed by atoms with E-state index in [2.05, 4.69) is 10.3 Å². The normalized spacial score (nSPS) is 12.9. The van der Waals surface area contributed by atoms with Crippen molar-refractivity contribution in [3.05, 3.63) is 76.2 Å². The number of hydrogen-bond acceptors (Lipinski definition) is 3. The van der Waals surface area contributed by atoms with Crippen molar-refractivity contribution in [3.63, 3.8) is 0 Å². The van der Waals surface area contributed by atoms with Crippen molar-refractivity contribution in [1.82, 2.24) is 14.9 Å². The average Bonchev–Trinajstić information content (AvgIpc) is 2.69. The number of nitrogens with one attached hydrogen (secondary N) is 1. The second kappa shape index (κ2) is 8.69. The van der Waals surface area contributed by atoms with Gasteiger partial charge in [0.25, 0.3) is 5.56 Å². The third-order valence-corrected chi connectivity index (χ3v) is 4.71. The molecule has 0 radical (unpaired) electrons. The van der Waals surface area contributed by atoms with Gasteiger partial charge in [-0.05, 0) is 42.2 Å². The predicted octanol–water partition coefficient (Wildman–Crippen LogP) is 4.32. The molecular weight excluding hydrogens is 395 g/mol. The van der Waals surface area contributed by atoms with Gasteiger partial charge in [0.1, 0.15) is 6.54 Å². The van der Waals surface area contributed by atoms with Crippen LogP contribution < -0.4 is 10.9 Å². The number of hydrogen-bond donors (Lipinski definition) is 1. The van der Waals surface area contributed by atoms with E-state index in [1.165, 1.54) is 10.6 Å². The Hall–Kier alpha value is -3.16. The number of amides is 1. The molecule has 158 valence electrons. The summed E-state index contributed by atoms with van der Waals surface area (Å²) < 4.78 is 40.6. The molecule has 1 amide bonds. The standard InChI is InChI=1S/C22H22F3N3O2/c1-14(2)10-18(15-6-5-7-16(11-15)22(23,24)25)27-20(29)13-28-19-9-4-3-8-17(19)26-12-21(28)30/h3-9,11-12,14,18H,10,13H2,1-2H3,(H,27,29). The summed E-state index contributed by atoms with van der Waals surface area (Å²) in [6, 6.07) is 11.3. The number of carbonyl (C=O) groups is 1. The summed E-state index contributed by atoms with van der Waals surface area (Å²) >= 11 is 0. The van der Waals surface area contributed by atoms with Gasteiger partial charge in [-0.15, -0.1) is 0 Å². The summed E-state index contributed by atoms with van der Waals surface area (Å²) in [4.78, 5) is 29.1. The van der Waals surface area contributed by atoms with E-state index in [0.29, 0.717) is 23.0 Å². The van der Waals surface area contributed by atoms with Crippen LogP contribution in [0.5, 0.6) is 0 Å². The van der Waals surface area contributed by atoms with Crippen LogP contribution in [0.2, 0.25) is 0 Å². The smallest absolute Gasteiger partial charge is 0.348 e. The minimum Gasteiger partial charge on any atom is -0.348 e. The molecule has 0 aliphatic carbocycles. The number of benzene rings is 2. The fraction of sp³-hybridized carbons (Fsp3) is 0.318. The second-order valence-corrected chi connectivity index (χ2v) is 7.54. The fourth-order valence-electron chi connectivity index (χ4n) is 3.34. The van der Waals surface area contributed by atoms with E-state index in [1.807, 2.05) is 13.8 Å². The maximum Gasteiger partial charge on any atom is 0.416 e. The van der Waals surface area contributed by atoms with E-state index >= 15 is 0 Å². The highest BCUT2D eigenvalue weighted by atomic mass is 19.4. The molecule has 0 fully saturated rings. The molecule has 1 unspecified atom stereocenters. The minimum atomic E-state index is -4.47. The molecule has 8 heteroatoms. The molecule has 0 aliphatic heterocycles. The first kappa shape index (κ1) is 21.5. The lowest BCUT2D eigenvalue weighted by Gasteiger charge is -2.22. The third-order valence-electron chi connectivity index (χ3n) is 4.71. The van der Waals surface area contributed by atoms with Crippen LogP contribution in [0, 0.1) is 5.92 Å². The first-order chi connectivity index (χ1) is 14.1. The zero-order valence-electron chi connectivity index (χ0n) is 16.6. The molecule has 1 heterocycles. The summed E-state index contributed by atoms with van der Waals surface area (Å²) in [5.41, 5.74) is 0.266. The van der Waals surface area contributed by atoms with E-state index in [1.54, 1.807) is 30.3 Å². The molecule has 1 aromatic heterocycles. The quantitative estimate of drug-likeness (QED) is 0.650. The summed E-state index contributed by atoms with van der Waals surface area (Å²) in [5.74, 6) is -0.328. The Morgan fingerprint density at radius 3 is 2.57 bits per heavy atom. The highest BCUT2D eigenvalue weighted by Crippen LogP contribution is 2.32. The molecule has 0 bridgehead atoms. The predicted molar refractivity (Wildman–Crippen MR) is 108 cm³/mol. The van der Waals surface area contributed by atoms with Gasteiger partial charge in [-0.25, -0.2) is 4.98 Å². The van der Waals surface area contributed by atoms with Crippen LogP contribution in [0.1, 0.15) is 37.4 Å². The zero-order valence-corrected chi connectivity index (χ0v) is 16.6. The number of aromatic nitrogens is 2. The van der Waals surface area contributed by atoms with Gasteiger partial charge < -0.3 is 5.32 Å². The first-order valence-electron chi connectivity index (χ1n) is 9.56. The molecule has 3 rings (SSSR count). The van der Waals surface area contributed by atoms with Crippen molar-refractivity contribution in [2.24, 2.45) is 5.92 Å². The largest absolute Gasteiger partial charge is 0.416 e. The lowest BCUT2D eigenvalue weighted by atomic mass is 9.95. The van der Waals surface area contributed by atoms with E-state index in [-0.39, 0.29) is 12.5 Å². The number of alkyl halides is 3. The van der Waals surface area contributed by atoms with Crippen LogP contribution in [-0.2, 0) is 17.5 Å². The summed E-state index contributed by atoms with van der Waals surface area (Å²) in [5, 5.41) is 2.80. The molecule has 2 aromatic carbocycles. The molecule has 1 N–H and O–H groups in total. The van der Waals surface area contributed by atoms with Gasteiger partial charge in [0, 0.05) is 0 Å². The molecule has 30 heavy (non-hydrogen) atoms. The van der Waals surface area contributed by atoms with Crippen LogP contribution in [0.15, 0.2) is 59.5 Å². The van der Waals surface area contributed by atoms with Gasteiger partial charge in [-0.1, -0.05) is 38.1 Å². The summed E-state index contributed by atoms with van der Waals surface area (Å²) in [6.07, 6.45) is -2.86. The van der Waals surface area contributed by atoms with Crippen LogP contribution in [0.25, 0.3) is 11.0 Å². The monoisotopic (exact) mass is 417 g/mol. The maximum atomic E-state index is 13.1. The van der Waals surface area contributed by atoms with Crippen molar-refractivity contribution in [2.45, 2.75) is 39.0 Å². The number of halogens is 3. The molecular formula is C22H22F3N3O2. The maximum absolute atomic E-state index is 13.1. The van der Waals surface area contributed by atoms with Crippen LogP contribution in [0.3, 0.4) is 0 Å². The van der Waals surface area contributed by atoms with Gasteiger partial charge in [0.15, 0.2) is 0 Å². The van der Waals surface area contributed by atoms with Crippen molar-refractivity contribution in [3.8, 4) is 0 Å². The summed E-state index contributed by atoms with van der Waals surface area (Å²) in [6.45, 7) is 3.59. The van der Waals surface area contributed by atoms with Crippen LogP contribution >= 0.6 is 0 Å². The Labute approximate surface area is 171 Å². The Balaban J connectivity index is 1.87. The first-order valence-corrected chi connectivity index (χ1v) is 9.56. The Bertz CT molecular complexity index is 1110. The molecule has 0 saturated heterocycles.